The topological polar surface area (TPSA) is 49.0 Å². The summed E-state index contributed by atoms with van der Waals surface area (Å²) in [6, 6.07) is 11.5. The Kier molecular flexibility index (Phi) is 3.55. The van der Waals surface area contributed by atoms with Crippen molar-refractivity contribution in [1.82, 2.24) is 10.2 Å². The number of amides is 1. The van der Waals surface area contributed by atoms with Gasteiger partial charge in [0.25, 0.3) is 0 Å². The van der Waals surface area contributed by atoms with Crippen molar-refractivity contribution in [3.63, 3.8) is 0 Å². The third kappa shape index (κ3) is 2.72. The molecule has 0 saturated heterocycles. The minimum Gasteiger partial charge on any atom is -0.312 e. The van der Waals surface area contributed by atoms with Crippen LogP contribution in [0.4, 0.5) is 5.69 Å². The van der Waals surface area contributed by atoms with Crippen molar-refractivity contribution in [1.29, 1.82) is 0 Å². The standard InChI is InChI=1S/C13H15N3O/c1-2-16(12-6-4-3-5-7-12)13(17)10-11-8-9-14-15-11/h3-9H,2,10H2,1H3,(H,14,15). The van der Waals surface area contributed by atoms with E-state index in [1.165, 1.54) is 0 Å². The molecule has 0 spiro atoms. The number of nitrogens with one attached hydrogen (secondary N) is 1. The maximum atomic E-state index is 12.1. The molecule has 1 amide bonds. The van der Waals surface area contributed by atoms with Gasteiger partial charge in [-0.05, 0) is 25.1 Å². The van der Waals surface area contributed by atoms with Gasteiger partial charge in [0.15, 0.2) is 0 Å². The fourth-order valence-corrected chi connectivity index (χ4v) is 1.75. The predicted octanol–water partition coefficient (Wildman–Crippen LogP) is 2.01. The molecule has 1 aromatic carbocycles. The molecule has 0 aliphatic rings. The second-order valence-electron chi connectivity index (χ2n) is 3.73. The van der Waals surface area contributed by atoms with Crippen LogP contribution in [0.2, 0.25) is 0 Å². The number of para-hydroxylation sites is 1. The van der Waals surface area contributed by atoms with Gasteiger partial charge in [0, 0.05) is 24.1 Å². The molecular formula is C13H15N3O. The van der Waals surface area contributed by atoms with Gasteiger partial charge in [0.1, 0.15) is 0 Å². The minimum absolute atomic E-state index is 0.0722. The van der Waals surface area contributed by atoms with Gasteiger partial charge in [0.2, 0.25) is 5.91 Å². The van der Waals surface area contributed by atoms with Crippen molar-refractivity contribution in [2.45, 2.75) is 13.3 Å². The molecule has 0 saturated carbocycles. The van der Waals surface area contributed by atoms with Crippen LogP contribution < -0.4 is 4.90 Å². The van der Waals surface area contributed by atoms with Crippen LogP contribution in [0.5, 0.6) is 0 Å². The number of hydrogen-bond acceptors (Lipinski definition) is 2. The van der Waals surface area contributed by atoms with E-state index in [0.29, 0.717) is 13.0 Å². The fraction of sp³-hybridized carbons (Fsp3) is 0.231. The van der Waals surface area contributed by atoms with E-state index in [9.17, 15) is 4.79 Å². The van der Waals surface area contributed by atoms with E-state index in [1.54, 1.807) is 11.1 Å². The monoisotopic (exact) mass is 229 g/mol. The van der Waals surface area contributed by atoms with Crippen LogP contribution in [0, 0.1) is 0 Å². The van der Waals surface area contributed by atoms with Crippen molar-refractivity contribution in [2.24, 2.45) is 0 Å². The highest BCUT2D eigenvalue weighted by molar-refractivity contribution is 5.94. The number of anilines is 1. The van der Waals surface area contributed by atoms with Crippen LogP contribution in [-0.4, -0.2) is 22.6 Å². The van der Waals surface area contributed by atoms with E-state index < -0.39 is 0 Å². The summed E-state index contributed by atoms with van der Waals surface area (Å²) in [5.41, 5.74) is 1.77. The predicted molar refractivity (Wildman–Crippen MR) is 66.8 cm³/mol. The first-order valence-electron chi connectivity index (χ1n) is 5.65. The molecule has 2 rings (SSSR count). The van der Waals surface area contributed by atoms with E-state index >= 15 is 0 Å². The Morgan fingerprint density at radius 2 is 2.06 bits per heavy atom. The number of likely N-dealkylation sites (N-methyl/N-ethyl adjacent to an activating group) is 1. The molecule has 0 aliphatic carbocycles. The summed E-state index contributed by atoms with van der Waals surface area (Å²) in [5, 5.41) is 6.64. The summed E-state index contributed by atoms with van der Waals surface area (Å²) < 4.78 is 0. The Morgan fingerprint density at radius 1 is 1.29 bits per heavy atom. The third-order valence-electron chi connectivity index (χ3n) is 2.59. The number of nitrogens with zero attached hydrogens (tertiary/aromatic N) is 2. The van der Waals surface area contributed by atoms with Crippen molar-refractivity contribution in [3.05, 3.63) is 48.3 Å². The largest absolute Gasteiger partial charge is 0.312 e. The fourth-order valence-electron chi connectivity index (χ4n) is 1.75. The highest BCUT2D eigenvalue weighted by Crippen LogP contribution is 2.14. The number of rotatable bonds is 4. The molecular weight excluding hydrogens is 214 g/mol. The van der Waals surface area contributed by atoms with E-state index in [-0.39, 0.29) is 5.91 Å². The van der Waals surface area contributed by atoms with Crippen molar-refractivity contribution in [3.8, 4) is 0 Å². The molecule has 17 heavy (non-hydrogen) atoms. The van der Waals surface area contributed by atoms with Gasteiger partial charge in [-0.1, -0.05) is 18.2 Å². The van der Waals surface area contributed by atoms with Crippen LogP contribution in [0.3, 0.4) is 0 Å². The summed E-state index contributed by atoms with van der Waals surface area (Å²) in [4.78, 5) is 13.9. The Hall–Kier alpha value is -2.10. The molecule has 0 fully saturated rings. The van der Waals surface area contributed by atoms with Crippen molar-refractivity contribution in [2.75, 3.05) is 11.4 Å². The molecule has 0 radical (unpaired) electrons. The summed E-state index contributed by atoms with van der Waals surface area (Å²) in [6.07, 6.45) is 2.00. The summed E-state index contributed by atoms with van der Waals surface area (Å²) >= 11 is 0. The first-order chi connectivity index (χ1) is 8.31. The Labute approximate surface area is 100 Å². The Morgan fingerprint density at radius 3 is 2.65 bits per heavy atom. The Bertz CT molecular complexity index is 465. The summed E-state index contributed by atoms with van der Waals surface area (Å²) in [5.74, 6) is 0.0722. The lowest BCUT2D eigenvalue weighted by atomic mass is 10.2. The van der Waals surface area contributed by atoms with E-state index in [4.69, 9.17) is 0 Å². The molecule has 0 bridgehead atoms. The lowest BCUT2D eigenvalue weighted by Gasteiger charge is -2.20. The van der Waals surface area contributed by atoms with Gasteiger partial charge < -0.3 is 4.90 Å². The van der Waals surface area contributed by atoms with Gasteiger partial charge in [-0.15, -0.1) is 0 Å². The van der Waals surface area contributed by atoms with Crippen LogP contribution in [-0.2, 0) is 11.2 Å². The third-order valence-corrected chi connectivity index (χ3v) is 2.59. The number of aromatic nitrogens is 2. The van der Waals surface area contributed by atoms with E-state index in [0.717, 1.165) is 11.4 Å². The van der Waals surface area contributed by atoms with E-state index in [1.807, 2.05) is 43.3 Å². The number of benzene rings is 1. The minimum atomic E-state index is 0.0722. The van der Waals surface area contributed by atoms with Crippen LogP contribution in [0.25, 0.3) is 0 Å². The average Bonchev–Trinajstić information content (AvgIpc) is 2.84. The number of aromatic amines is 1. The first kappa shape index (κ1) is 11.4. The van der Waals surface area contributed by atoms with E-state index in [2.05, 4.69) is 10.2 Å². The second-order valence-corrected chi connectivity index (χ2v) is 3.73. The van der Waals surface area contributed by atoms with Gasteiger partial charge in [-0.25, -0.2) is 0 Å². The molecule has 1 heterocycles. The molecule has 0 atom stereocenters. The molecule has 4 heteroatoms. The second kappa shape index (κ2) is 5.30. The molecule has 0 aliphatic heterocycles. The Balaban J connectivity index is 2.11. The number of H-pyrrole nitrogens is 1. The normalized spacial score (nSPS) is 10.2. The maximum Gasteiger partial charge on any atom is 0.232 e. The first-order valence-corrected chi connectivity index (χ1v) is 5.65. The van der Waals surface area contributed by atoms with Crippen LogP contribution in [0.1, 0.15) is 12.6 Å². The summed E-state index contributed by atoms with van der Waals surface area (Å²) in [7, 11) is 0. The molecule has 88 valence electrons. The molecule has 2 aromatic rings. The zero-order valence-electron chi connectivity index (χ0n) is 9.76. The van der Waals surface area contributed by atoms with Crippen LogP contribution in [0.15, 0.2) is 42.6 Å². The lowest BCUT2D eigenvalue weighted by molar-refractivity contribution is -0.118. The van der Waals surface area contributed by atoms with Crippen molar-refractivity contribution < 1.29 is 4.79 Å². The van der Waals surface area contributed by atoms with Crippen molar-refractivity contribution >= 4 is 11.6 Å². The zero-order valence-corrected chi connectivity index (χ0v) is 9.76. The van der Waals surface area contributed by atoms with Gasteiger partial charge in [-0.3, -0.25) is 9.89 Å². The lowest BCUT2D eigenvalue weighted by Crippen LogP contribution is -2.32. The number of hydrogen-bond donors (Lipinski definition) is 1. The zero-order chi connectivity index (χ0) is 12.1. The molecule has 4 nitrogen and oxygen atoms in total. The van der Waals surface area contributed by atoms with Gasteiger partial charge in [0.05, 0.1) is 6.42 Å². The highest BCUT2D eigenvalue weighted by atomic mass is 16.2. The average molecular weight is 229 g/mol. The molecule has 1 aromatic heterocycles. The highest BCUT2D eigenvalue weighted by Gasteiger charge is 2.14. The molecule has 1 N–H and O–H groups in total. The molecule has 0 unspecified atom stereocenters. The maximum absolute atomic E-state index is 12.1. The van der Waals surface area contributed by atoms with Crippen LogP contribution >= 0.6 is 0 Å². The quantitative estimate of drug-likeness (QED) is 0.871. The van der Waals surface area contributed by atoms with Gasteiger partial charge in [-0.2, -0.15) is 5.10 Å². The van der Waals surface area contributed by atoms with Gasteiger partial charge >= 0.3 is 0 Å². The number of carbonyl (C=O) groups excluding carboxylic acids is 1. The smallest absolute Gasteiger partial charge is 0.232 e. The SMILES string of the molecule is CCN(C(=O)Cc1ccn[nH]1)c1ccccc1. The number of carbonyl (C=O) groups is 1. The summed E-state index contributed by atoms with van der Waals surface area (Å²) in [6.45, 7) is 2.63.